The first-order chi connectivity index (χ1) is 11.6. The SMILES string of the molecule is O=C(O)CC1SC(=NN=Cc2cccc(-c3cnc[nH]3)c2)NC1=O. The van der Waals surface area contributed by atoms with Gasteiger partial charge in [-0.2, -0.15) is 5.10 Å². The summed E-state index contributed by atoms with van der Waals surface area (Å²) in [6.07, 6.45) is 4.65. The molecule has 1 aliphatic heterocycles. The van der Waals surface area contributed by atoms with Crippen molar-refractivity contribution in [3.8, 4) is 11.3 Å². The number of hydrogen-bond donors (Lipinski definition) is 3. The molecule has 1 aromatic heterocycles. The maximum Gasteiger partial charge on any atom is 0.305 e. The van der Waals surface area contributed by atoms with Crippen LogP contribution in [-0.2, 0) is 9.59 Å². The molecule has 2 heterocycles. The summed E-state index contributed by atoms with van der Waals surface area (Å²) in [5, 5.41) is 18.8. The van der Waals surface area contributed by atoms with Gasteiger partial charge in [-0.1, -0.05) is 30.0 Å². The Morgan fingerprint density at radius 3 is 3.08 bits per heavy atom. The highest BCUT2D eigenvalue weighted by Gasteiger charge is 2.32. The van der Waals surface area contributed by atoms with Crippen LogP contribution in [0.5, 0.6) is 0 Å². The molecule has 1 atom stereocenters. The fourth-order valence-corrected chi connectivity index (χ4v) is 3.01. The van der Waals surface area contributed by atoms with Crippen molar-refractivity contribution < 1.29 is 14.7 Å². The zero-order valence-electron chi connectivity index (χ0n) is 12.3. The summed E-state index contributed by atoms with van der Waals surface area (Å²) < 4.78 is 0. The van der Waals surface area contributed by atoms with Gasteiger partial charge < -0.3 is 15.4 Å². The molecule has 1 fully saturated rings. The van der Waals surface area contributed by atoms with Gasteiger partial charge in [-0.25, -0.2) is 4.98 Å². The molecule has 1 amide bonds. The summed E-state index contributed by atoms with van der Waals surface area (Å²) in [5.41, 5.74) is 2.70. The molecule has 0 spiro atoms. The number of carbonyl (C=O) groups is 2. The first kappa shape index (κ1) is 15.9. The summed E-state index contributed by atoms with van der Waals surface area (Å²) in [7, 11) is 0. The number of benzene rings is 1. The zero-order chi connectivity index (χ0) is 16.9. The number of carbonyl (C=O) groups excluding carboxylic acids is 1. The van der Waals surface area contributed by atoms with Gasteiger partial charge in [0.2, 0.25) is 5.91 Å². The fourth-order valence-electron chi connectivity index (χ4n) is 2.09. The number of nitrogens with zero attached hydrogens (tertiary/aromatic N) is 3. The van der Waals surface area contributed by atoms with Gasteiger partial charge in [0.1, 0.15) is 5.25 Å². The first-order valence-corrected chi connectivity index (χ1v) is 7.89. The van der Waals surface area contributed by atoms with E-state index < -0.39 is 11.2 Å². The molecule has 9 heteroatoms. The number of nitrogens with one attached hydrogen (secondary N) is 2. The number of amidine groups is 1. The number of rotatable bonds is 5. The van der Waals surface area contributed by atoms with Crippen LogP contribution in [0.2, 0.25) is 0 Å². The minimum Gasteiger partial charge on any atom is -0.481 e. The number of H-pyrrole nitrogens is 1. The second kappa shape index (κ2) is 7.09. The van der Waals surface area contributed by atoms with E-state index in [0.717, 1.165) is 28.6 Å². The first-order valence-electron chi connectivity index (χ1n) is 7.01. The number of imidazole rings is 1. The van der Waals surface area contributed by atoms with Crippen molar-refractivity contribution in [3.05, 3.63) is 42.4 Å². The Balaban J connectivity index is 1.67. The molecule has 0 saturated carbocycles. The number of amides is 1. The van der Waals surface area contributed by atoms with E-state index in [2.05, 4.69) is 25.5 Å². The maximum absolute atomic E-state index is 11.6. The summed E-state index contributed by atoms with van der Waals surface area (Å²) in [6, 6.07) is 7.63. The molecule has 8 nitrogen and oxygen atoms in total. The van der Waals surface area contributed by atoms with Crippen molar-refractivity contribution in [2.24, 2.45) is 10.2 Å². The molecular formula is C15H13N5O3S. The maximum atomic E-state index is 11.6. The van der Waals surface area contributed by atoms with Crippen LogP contribution in [0.15, 0.2) is 47.0 Å². The van der Waals surface area contributed by atoms with Gasteiger partial charge in [-0.3, -0.25) is 9.59 Å². The van der Waals surface area contributed by atoms with E-state index in [1.807, 2.05) is 24.3 Å². The Hall–Kier alpha value is -2.94. The summed E-state index contributed by atoms with van der Waals surface area (Å²) in [4.78, 5) is 29.3. The number of aromatic nitrogens is 2. The topological polar surface area (TPSA) is 120 Å². The smallest absolute Gasteiger partial charge is 0.305 e. The molecule has 1 unspecified atom stereocenters. The van der Waals surface area contributed by atoms with Gasteiger partial charge in [0.05, 0.1) is 30.9 Å². The van der Waals surface area contributed by atoms with E-state index >= 15 is 0 Å². The fraction of sp³-hybridized carbons (Fsp3) is 0.133. The number of aromatic amines is 1. The van der Waals surface area contributed by atoms with Gasteiger partial charge in [-0.05, 0) is 11.6 Å². The third-order valence-corrected chi connectivity index (χ3v) is 4.26. The summed E-state index contributed by atoms with van der Waals surface area (Å²) in [5.74, 6) is -1.39. The van der Waals surface area contributed by atoms with Crippen LogP contribution in [0.1, 0.15) is 12.0 Å². The van der Waals surface area contributed by atoms with Crippen molar-refractivity contribution in [1.82, 2.24) is 15.3 Å². The third-order valence-electron chi connectivity index (χ3n) is 3.19. The molecule has 2 aromatic rings. The minimum atomic E-state index is -1.02. The van der Waals surface area contributed by atoms with Crippen molar-refractivity contribution in [2.75, 3.05) is 0 Å². The molecule has 3 rings (SSSR count). The lowest BCUT2D eigenvalue weighted by Gasteiger charge is -1.98. The van der Waals surface area contributed by atoms with E-state index in [1.54, 1.807) is 18.7 Å². The number of hydrogen-bond acceptors (Lipinski definition) is 6. The van der Waals surface area contributed by atoms with Gasteiger partial charge in [0.25, 0.3) is 0 Å². The molecule has 1 aromatic carbocycles. The molecule has 0 aliphatic carbocycles. The van der Waals surface area contributed by atoms with Crippen LogP contribution in [0.4, 0.5) is 0 Å². The highest BCUT2D eigenvalue weighted by atomic mass is 32.2. The van der Waals surface area contributed by atoms with E-state index in [4.69, 9.17) is 5.11 Å². The molecule has 1 saturated heterocycles. The zero-order valence-corrected chi connectivity index (χ0v) is 13.2. The van der Waals surface area contributed by atoms with Gasteiger partial charge >= 0.3 is 5.97 Å². The summed E-state index contributed by atoms with van der Waals surface area (Å²) >= 11 is 1.06. The molecule has 0 bridgehead atoms. The normalized spacial score (nSPS) is 19.1. The average molecular weight is 343 g/mol. The molecule has 0 radical (unpaired) electrons. The van der Waals surface area contributed by atoms with Gasteiger partial charge in [0.15, 0.2) is 5.17 Å². The van der Waals surface area contributed by atoms with E-state index in [9.17, 15) is 9.59 Å². The van der Waals surface area contributed by atoms with Crippen LogP contribution in [0.3, 0.4) is 0 Å². The number of aliphatic carboxylic acids is 1. The van der Waals surface area contributed by atoms with Crippen molar-refractivity contribution in [3.63, 3.8) is 0 Å². The standard InChI is InChI=1S/C15H13N5O3S/c21-13(22)5-12-14(23)19-15(24-12)20-18-6-9-2-1-3-10(4-9)11-7-16-8-17-11/h1-4,6-8,12H,5H2,(H,16,17)(H,21,22)(H,19,20,23). The molecule has 1 aliphatic rings. The Kier molecular flexibility index (Phi) is 4.71. The van der Waals surface area contributed by atoms with Crippen LogP contribution < -0.4 is 5.32 Å². The monoisotopic (exact) mass is 343 g/mol. The Bertz CT molecular complexity index is 816. The second-order valence-electron chi connectivity index (χ2n) is 4.93. The van der Waals surface area contributed by atoms with Crippen molar-refractivity contribution >= 4 is 35.0 Å². The Labute approximate surface area is 141 Å². The summed E-state index contributed by atoms with van der Waals surface area (Å²) in [6.45, 7) is 0. The van der Waals surface area contributed by atoms with E-state index in [0.29, 0.717) is 5.17 Å². The Morgan fingerprint density at radius 2 is 2.33 bits per heavy atom. The molecule has 122 valence electrons. The lowest BCUT2D eigenvalue weighted by molar-refractivity contribution is -0.138. The van der Waals surface area contributed by atoms with Crippen LogP contribution in [0.25, 0.3) is 11.3 Å². The number of carboxylic acids is 1. The molecule has 24 heavy (non-hydrogen) atoms. The highest BCUT2D eigenvalue weighted by molar-refractivity contribution is 8.15. The lowest BCUT2D eigenvalue weighted by Crippen LogP contribution is -2.26. The highest BCUT2D eigenvalue weighted by Crippen LogP contribution is 2.22. The van der Waals surface area contributed by atoms with Gasteiger partial charge in [0, 0.05) is 5.56 Å². The van der Waals surface area contributed by atoms with Crippen LogP contribution >= 0.6 is 11.8 Å². The third kappa shape index (κ3) is 3.87. The number of thioether (sulfide) groups is 1. The van der Waals surface area contributed by atoms with Crippen LogP contribution in [-0.4, -0.2) is 43.6 Å². The molecule has 3 N–H and O–H groups in total. The van der Waals surface area contributed by atoms with Crippen LogP contribution in [0, 0.1) is 0 Å². The number of carboxylic acid groups (broad SMARTS) is 1. The van der Waals surface area contributed by atoms with Crippen molar-refractivity contribution in [2.45, 2.75) is 11.7 Å². The molecular weight excluding hydrogens is 330 g/mol. The second-order valence-corrected chi connectivity index (χ2v) is 6.13. The predicted octanol–water partition coefficient (Wildman–Crippen LogP) is 1.47. The van der Waals surface area contributed by atoms with Crippen molar-refractivity contribution in [1.29, 1.82) is 0 Å². The largest absolute Gasteiger partial charge is 0.481 e. The average Bonchev–Trinajstić information content (AvgIpc) is 3.18. The predicted molar refractivity (Wildman–Crippen MR) is 90.8 cm³/mol. The van der Waals surface area contributed by atoms with E-state index in [1.165, 1.54) is 0 Å². The quantitative estimate of drug-likeness (QED) is 0.561. The van der Waals surface area contributed by atoms with E-state index in [-0.39, 0.29) is 12.3 Å². The van der Waals surface area contributed by atoms with Gasteiger partial charge in [-0.15, -0.1) is 5.10 Å². The minimum absolute atomic E-state index is 0.245. The Morgan fingerprint density at radius 1 is 1.46 bits per heavy atom. The lowest BCUT2D eigenvalue weighted by atomic mass is 10.1.